The zero-order chi connectivity index (χ0) is 32.5. The molecular formula is C34H28BrClN4O6. The number of benzene rings is 4. The van der Waals surface area contributed by atoms with Crippen molar-refractivity contribution in [2.24, 2.45) is 0 Å². The van der Waals surface area contributed by atoms with Crippen LogP contribution in [0.4, 0.5) is 21.9 Å². The van der Waals surface area contributed by atoms with Crippen LogP contribution in [0.15, 0.2) is 112 Å². The predicted molar refractivity (Wildman–Crippen MR) is 182 cm³/mol. The summed E-state index contributed by atoms with van der Waals surface area (Å²) in [6, 6.07) is 27.7. The molecular weight excluding hydrogens is 676 g/mol. The molecule has 234 valence electrons. The van der Waals surface area contributed by atoms with E-state index < -0.39 is 29.5 Å². The molecule has 0 aliphatic carbocycles. The van der Waals surface area contributed by atoms with Crippen molar-refractivity contribution in [3.05, 3.63) is 130 Å². The van der Waals surface area contributed by atoms with Crippen LogP contribution in [0.25, 0.3) is 10.8 Å². The smallest absolute Gasteiger partial charge is 0.346 e. The minimum absolute atomic E-state index is 0.0860. The monoisotopic (exact) mass is 702 g/mol. The van der Waals surface area contributed by atoms with Crippen molar-refractivity contribution < 1.29 is 23.5 Å². The maximum Gasteiger partial charge on any atom is 0.346 e. The Kier molecular flexibility index (Phi) is 10.7. The Morgan fingerprint density at radius 1 is 0.783 bits per heavy atom. The minimum Gasteiger partial charge on any atom is -0.463 e. The van der Waals surface area contributed by atoms with Gasteiger partial charge in [0.2, 0.25) is 5.91 Å². The molecule has 1 atom stereocenters. The van der Waals surface area contributed by atoms with Gasteiger partial charge in [-0.3, -0.25) is 9.59 Å². The Morgan fingerprint density at radius 3 is 2.20 bits per heavy atom. The molecule has 12 heteroatoms. The summed E-state index contributed by atoms with van der Waals surface area (Å²) in [7, 11) is 0. The van der Waals surface area contributed by atoms with Gasteiger partial charge in [0.05, 0.1) is 5.39 Å². The molecule has 5 aromatic rings. The van der Waals surface area contributed by atoms with Crippen LogP contribution in [0.3, 0.4) is 0 Å². The number of nitrogens with one attached hydrogen (secondary N) is 4. The first-order valence-electron chi connectivity index (χ1n) is 14.1. The van der Waals surface area contributed by atoms with Gasteiger partial charge in [-0.15, -0.1) is 0 Å². The molecule has 0 aliphatic heterocycles. The molecule has 1 unspecified atom stereocenters. The number of halogens is 2. The normalized spacial score (nSPS) is 11.3. The predicted octanol–water partition coefficient (Wildman–Crippen LogP) is 6.84. The van der Waals surface area contributed by atoms with E-state index in [1.165, 1.54) is 12.1 Å². The molecule has 0 bridgehead atoms. The quantitative estimate of drug-likeness (QED) is 0.111. The maximum atomic E-state index is 13.6. The van der Waals surface area contributed by atoms with Gasteiger partial charge in [-0.25, -0.2) is 9.59 Å². The molecule has 4 N–H and O–H groups in total. The number of ether oxygens (including phenoxy) is 1. The summed E-state index contributed by atoms with van der Waals surface area (Å²) in [5.41, 5.74) is 1.68. The van der Waals surface area contributed by atoms with Crippen LogP contribution in [0.2, 0.25) is 5.02 Å². The molecule has 0 radical (unpaired) electrons. The van der Waals surface area contributed by atoms with E-state index in [1.54, 1.807) is 54.6 Å². The lowest BCUT2D eigenvalue weighted by Gasteiger charge is -2.19. The van der Waals surface area contributed by atoms with Crippen molar-refractivity contribution in [2.45, 2.75) is 12.5 Å². The van der Waals surface area contributed by atoms with Gasteiger partial charge in [-0.05, 0) is 48.0 Å². The van der Waals surface area contributed by atoms with E-state index in [9.17, 15) is 19.2 Å². The van der Waals surface area contributed by atoms with E-state index in [-0.39, 0.29) is 34.9 Å². The molecule has 4 amide bonds. The Balaban J connectivity index is 1.33. The fourth-order valence-corrected chi connectivity index (χ4v) is 5.00. The molecule has 0 spiro atoms. The largest absolute Gasteiger partial charge is 0.463 e. The number of fused-ring (bicyclic) bond motifs is 1. The van der Waals surface area contributed by atoms with Gasteiger partial charge in [0.15, 0.2) is 0 Å². The average molecular weight is 704 g/mol. The number of carbonyl (C=O) groups excluding carboxylic acids is 3. The van der Waals surface area contributed by atoms with Gasteiger partial charge in [0.25, 0.3) is 5.91 Å². The zero-order valence-electron chi connectivity index (χ0n) is 24.2. The highest BCUT2D eigenvalue weighted by Crippen LogP contribution is 2.32. The van der Waals surface area contributed by atoms with E-state index in [0.29, 0.717) is 27.8 Å². The molecule has 4 aromatic carbocycles. The summed E-state index contributed by atoms with van der Waals surface area (Å²) in [6.45, 7) is 0.251. The summed E-state index contributed by atoms with van der Waals surface area (Å²) < 4.78 is 10.6. The van der Waals surface area contributed by atoms with E-state index in [1.807, 2.05) is 36.4 Å². The third kappa shape index (κ3) is 8.32. The summed E-state index contributed by atoms with van der Waals surface area (Å²) in [5.74, 6) is -1.12. The van der Waals surface area contributed by atoms with E-state index in [4.69, 9.17) is 20.8 Å². The number of anilines is 3. The van der Waals surface area contributed by atoms with Gasteiger partial charge < -0.3 is 30.4 Å². The van der Waals surface area contributed by atoms with Gasteiger partial charge in [0.1, 0.15) is 17.7 Å². The Labute approximate surface area is 277 Å². The van der Waals surface area contributed by atoms with Crippen LogP contribution in [0.1, 0.15) is 15.9 Å². The van der Waals surface area contributed by atoms with E-state index in [0.717, 1.165) is 5.56 Å². The molecule has 1 heterocycles. The lowest BCUT2D eigenvalue weighted by molar-refractivity contribution is -0.118. The lowest BCUT2D eigenvalue weighted by Crippen LogP contribution is -2.45. The minimum atomic E-state index is -0.997. The van der Waals surface area contributed by atoms with Gasteiger partial charge in [-0.2, -0.15) is 0 Å². The third-order valence-electron chi connectivity index (χ3n) is 6.74. The van der Waals surface area contributed by atoms with Crippen LogP contribution in [0, 0.1) is 0 Å². The molecule has 0 aliphatic rings. The number of hydrogen-bond donors (Lipinski definition) is 4. The van der Waals surface area contributed by atoms with Crippen LogP contribution >= 0.6 is 27.5 Å². The van der Waals surface area contributed by atoms with E-state index in [2.05, 4.69) is 37.2 Å². The van der Waals surface area contributed by atoms with Crippen LogP contribution in [-0.2, 0) is 11.2 Å². The van der Waals surface area contributed by atoms with Crippen LogP contribution in [0.5, 0.6) is 5.95 Å². The number of carbonyl (C=O) groups is 3. The van der Waals surface area contributed by atoms with Gasteiger partial charge in [-0.1, -0.05) is 88.2 Å². The average Bonchev–Trinajstić information content (AvgIpc) is 3.06. The highest BCUT2D eigenvalue weighted by molar-refractivity contribution is 9.09. The number of para-hydroxylation sites is 1. The molecule has 0 saturated carbocycles. The first-order valence-corrected chi connectivity index (χ1v) is 15.6. The van der Waals surface area contributed by atoms with Crippen molar-refractivity contribution >= 4 is 73.2 Å². The van der Waals surface area contributed by atoms with E-state index >= 15 is 0 Å². The van der Waals surface area contributed by atoms with Crippen LogP contribution < -0.4 is 31.6 Å². The lowest BCUT2D eigenvalue weighted by atomic mass is 10.0. The van der Waals surface area contributed by atoms with Crippen molar-refractivity contribution in [2.75, 3.05) is 27.9 Å². The highest BCUT2D eigenvalue weighted by Gasteiger charge is 2.23. The third-order valence-corrected chi connectivity index (χ3v) is 7.42. The molecule has 1 aromatic heterocycles. The Morgan fingerprint density at radius 2 is 1.46 bits per heavy atom. The molecule has 0 fully saturated rings. The SMILES string of the molecule is O=C(Nc1ccccc1)Nc1cccc(C(=O)NC(Cc2ccccc2)C(=O)Nc2ccc3c(Cl)c(OCCBr)oc(=O)c3c2)c1. The Bertz CT molecular complexity index is 1920. The second-order valence-corrected chi connectivity index (χ2v) is 11.2. The molecule has 10 nitrogen and oxygen atoms in total. The second-order valence-electron chi connectivity index (χ2n) is 10.0. The molecule has 5 rings (SSSR count). The van der Waals surface area contributed by atoms with Crippen molar-refractivity contribution in [3.63, 3.8) is 0 Å². The number of urea groups is 1. The summed E-state index contributed by atoms with van der Waals surface area (Å²) in [6.07, 6.45) is 0.186. The van der Waals surface area contributed by atoms with Gasteiger partial charge in [0, 0.05) is 39.8 Å². The number of hydrogen-bond acceptors (Lipinski definition) is 6. The van der Waals surface area contributed by atoms with Crippen molar-refractivity contribution in [1.29, 1.82) is 0 Å². The summed E-state index contributed by atoms with van der Waals surface area (Å²) >= 11 is 9.65. The summed E-state index contributed by atoms with van der Waals surface area (Å²) in [4.78, 5) is 52.1. The summed E-state index contributed by atoms with van der Waals surface area (Å²) in [5, 5.41) is 12.2. The maximum absolute atomic E-state index is 13.6. The first-order chi connectivity index (χ1) is 22.3. The fourth-order valence-electron chi connectivity index (χ4n) is 4.58. The molecule has 46 heavy (non-hydrogen) atoms. The topological polar surface area (TPSA) is 139 Å². The molecule has 0 saturated heterocycles. The second kappa shape index (κ2) is 15.2. The van der Waals surface area contributed by atoms with Gasteiger partial charge >= 0.3 is 17.6 Å². The number of rotatable bonds is 11. The first kappa shape index (κ1) is 32.3. The Hall–Kier alpha value is -5.13. The fraction of sp³-hybridized carbons (Fsp3) is 0.118. The van der Waals surface area contributed by atoms with Crippen LogP contribution in [-0.4, -0.2) is 35.8 Å². The van der Waals surface area contributed by atoms with Crippen molar-refractivity contribution in [3.8, 4) is 5.95 Å². The zero-order valence-corrected chi connectivity index (χ0v) is 26.6. The van der Waals surface area contributed by atoms with Crippen molar-refractivity contribution in [1.82, 2.24) is 5.32 Å². The highest BCUT2D eigenvalue weighted by atomic mass is 79.9. The number of alkyl halides is 1. The standard InChI is InChI=1S/C34H28BrClN4O6/c35-16-17-45-33-29(36)26-15-14-25(20-27(26)32(43)46-33)37-31(42)28(18-21-8-3-1-4-9-21)40-30(41)22-10-7-13-24(19-22)39-34(44)38-23-11-5-2-6-12-23/h1-15,19-20,28H,16-18H2,(H,37,42)(H,40,41)(H2,38,39,44). The number of amides is 4.